The second-order valence-corrected chi connectivity index (χ2v) is 17.6. The number of pyridine rings is 1. The van der Waals surface area contributed by atoms with Crippen molar-refractivity contribution in [3.8, 4) is 78.6 Å². The van der Waals surface area contributed by atoms with Gasteiger partial charge in [-0.1, -0.05) is 175 Å². The van der Waals surface area contributed by atoms with Gasteiger partial charge < -0.3 is 5.11 Å². The molecule has 0 atom stereocenters. The maximum Gasteiger partial charge on any atom is 0.148 e. The standard InChI is InChI=1S/C59H54N3O.Pt/c1-37(2)44-33-49(38(3)4)57(63)52(34-44)58-61-56-48(45-30-46(32-47(31-45)59(6,7)8)53-35-43(27-28-60-53)40-19-12-9-13-20-40)25-18-26-54(56)62(58)55-36-50(41-21-14-10-15-22-41)39(5)29-51(55)42-23-16-11-17-24-42;/h9-29,31-38,63H,1-8H3;/q-1;/i5D3,9D,12D,13D,19D,20D,27D,28D,35D;. The van der Waals surface area contributed by atoms with Gasteiger partial charge in [-0.2, -0.15) is 0 Å². The van der Waals surface area contributed by atoms with Crippen LogP contribution in [0.1, 0.15) is 97.6 Å². The van der Waals surface area contributed by atoms with Gasteiger partial charge in [0.05, 0.1) is 33.3 Å². The van der Waals surface area contributed by atoms with Crippen molar-refractivity contribution in [3.63, 3.8) is 0 Å². The predicted molar refractivity (Wildman–Crippen MR) is 264 cm³/mol. The van der Waals surface area contributed by atoms with Crippen LogP contribution in [0.2, 0.25) is 0 Å². The molecule has 2 heterocycles. The van der Waals surface area contributed by atoms with Gasteiger partial charge in [-0.25, -0.2) is 4.98 Å². The average Bonchev–Trinajstić information content (AvgIpc) is 3.76. The number of benzene rings is 7. The topological polar surface area (TPSA) is 50.9 Å². The van der Waals surface area contributed by atoms with Crippen molar-refractivity contribution in [2.75, 3.05) is 0 Å². The van der Waals surface area contributed by atoms with Crippen LogP contribution in [0.15, 0.2) is 164 Å². The fourth-order valence-corrected chi connectivity index (χ4v) is 8.06. The number of aryl methyl sites for hydroxylation is 1. The zero-order valence-corrected chi connectivity index (χ0v) is 39.0. The van der Waals surface area contributed by atoms with Gasteiger partial charge in [-0.05, 0) is 98.9 Å². The smallest absolute Gasteiger partial charge is 0.148 e. The maximum absolute atomic E-state index is 12.5. The number of aromatic hydroxyl groups is 1. The molecule has 0 radical (unpaired) electrons. The number of phenols is 1. The molecule has 5 heteroatoms. The second-order valence-electron chi connectivity index (χ2n) is 17.6. The third-order valence-corrected chi connectivity index (χ3v) is 11.5. The van der Waals surface area contributed by atoms with Gasteiger partial charge >= 0.3 is 0 Å². The first-order valence-electron chi connectivity index (χ1n) is 26.7. The molecule has 0 fully saturated rings. The molecule has 64 heavy (non-hydrogen) atoms. The van der Waals surface area contributed by atoms with Crippen LogP contribution < -0.4 is 0 Å². The van der Waals surface area contributed by atoms with Crippen LogP contribution in [0.3, 0.4) is 0 Å². The summed E-state index contributed by atoms with van der Waals surface area (Å²) in [5.74, 6) is 0.453. The van der Waals surface area contributed by atoms with E-state index in [-0.39, 0.29) is 66.6 Å². The van der Waals surface area contributed by atoms with Gasteiger partial charge in [0, 0.05) is 42.6 Å². The van der Waals surface area contributed by atoms with Gasteiger partial charge in [0.1, 0.15) is 11.6 Å². The molecule has 0 saturated heterocycles. The fourth-order valence-electron chi connectivity index (χ4n) is 8.06. The van der Waals surface area contributed by atoms with Crippen LogP contribution in [-0.2, 0) is 26.5 Å². The van der Waals surface area contributed by atoms with E-state index in [1.54, 1.807) is 12.1 Å². The first kappa shape index (κ1) is 32.3. The van der Waals surface area contributed by atoms with Gasteiger partial charge in [0.2, 0.25) is 0 Å². The number of rotatable bonds is 9. The number of fused-ring (bicyclic) bond motifs is 1. The summed E-state index contributed by atoms with van der Waals surface area (Å²) in [6.07, 6.45) is -0.558. The molecule has 0 spiro atoms. The van der Waals surface area contributed by atoms with Crippen LogP contribution in [-0.4, -0.2) is 19.6 Å². The molecular weight excluding hydrogens is 962 g/mol. The first-order valence-corrected chi connectivity index (χ1v) is 21.2. The molecular formula is C59H54N3OPt-. The Balaban J connectivity index is 0.00000747. The molecule has 0 saturated carbocycles. The van der Waals surface area contributed by atoms with Crippen molar-refractivity contribution >= 4 is 11.0 Å². The monoisotopic (exact) mass is 1030 g/mol. The molecule has 2 aromatic heterocycles. The summed E-state index contributed by atoms with van der Waals surface area (Å²) in [5, 5.41) is 12.5. The van der Waals surface area contributed by atoms with Crippen LogP contribution in [0.5, 0.6) is 5.75 Å². The number of aromatic nitrogens is 3. The summed E-state index contributed by atoms with van der Waals surface area (Å²) in [4.78, 5) is 9.95. The van der Waals surface area contributed by atoms with Crippen LogP contribution in [0.25, 0.3) is 83.9 Å². The van der Waals surface area contributed by atoms with Crippen molar-refractivity contribution in [2.24, 2.45) is 0 Å². The third kappa shape index (κ3) is 8.52. The van der Waals surface area contributed by atoms with E-state index in [1.807, 2.05) is 142 Å². The molecule has 4 nitrogen and oxygen atoms in total. The van der Waals surface area contributed by atoms with E-state index in [0.717, 1.165) is 22.3 Å². The summed E-state index contributed by atoms with van der Waals surface area (Å²) >= 11 is 0. The molecule has 322 valence electrons. The van der Waals surface area contributed by atoms with Gasteiger partial charge in [-0.15, -0.1) is 29.3 Å². The SMILES string of the molecule is [2H]c1nc(-c2[c-]c(-c3cccc4c3nc(-c3cc(C(C)C)cc(C(C)C)c3O)n4-c3cc(-c4ccccc4)c(C([2H])([2H])[2H])cc3-c3ccccc3)cc(C(C)(C)C)c2)c([2H])c(-c2c([2H])c([2H])c([2H])c([2H])c2[2H])c1[2H].[Pt]. The molecule has 0 amide bonds. The van der Waals surface area contributed by atoms with E-state index < -0.39 is 60.7 Å². The summed E-state index contributed by atoms with van der Waals surface area (Å²) in [6, 6.07) is 35.5. The Hall–Kier alpha value is -6.35. The molecule has 0 aliphatic heterocycles. The van der Waals surface area contributed by atoms with Crippen molar-refractivity contribution in [3.05, 3.63) is 192 Å². The zero-order valence-electron chi connectivity index (χ0n) is 47.7. The molecule has 1 N–H and O–H groups in total. The molecule has 0 aliphatic rings. The van der Waals surface area contributed by atoms with E-state index in [2.05, 4.69) is 24.9 Å². The van der Waals surface area contributed by atoms with Crippen LogP contribution in [0.4, 0.5) is 0 Å². The summed E-state index contributed by atoms with van der Waals surface area (Å²) in [6.45, 7) is 11.8. The largest absolute Gasteiger partial charge is 0.507 e. The Morgan fingerprint density at radius 2 is 1.36 bits per heavy atom. The third-order valence-electron chi connectivity index (χ3n) is 11.5. The number of imidazole rings is 1. The number of nitrogens with zero attached hydrogens (tertiary/aromatic N) is 3. The molecule has 9 aromatic rings. The second kappa shape index (κ2) is 18.0. The van der Waals surface area contributed by atoms with Crippen molar-refractivity contribution in [1.82, 2.24) is 14.5 Å². The molecule has 0 aliphatic carbocycles. The van der Waals surface area contributed by atoms with E-state index in [4.69, 9.17) is 18.7 Å². The summed E-state index contributed by atoms with van der Waals surface area (Å²) in [7, 11) is 0. The minimum atomic E-state index is -2.51. The van der Waals surface area contributed by atoms with Crippen molar-refractivity contribution < 1.29 is 41.3 Å². The van der Waals surface area contributed by atoms with Crippen molar-refractivity contribution in [1.29, 1.82) is 0 Å². The first-order chi connectivity index (χ1) is 34.9. The summed E-state index contributed by atoms with van der Waals surface area (Å²) < 4.78 is 98.2. The Morgan fingerprint density at radius 3 is 2.02 bits per heavy atom. The number of hydrogen-bond donors (Lipinski definition) is 1. The molecule has 7 aromatic carbocycles. The van der Waals surface area contributed by atoms with Gasteiger partial charge in [-0.3, -0.25) is 9.55 Å². The van der Waals surface area contributed by atoms with Gasteiger partial charge in [0.15, 0.2) is 0 Å². The van der Waals surface area contributed by atoms with E-state index in [9.17, 15) is 6.48 Å². The average molecular weight is 1030 g/mol. The Bertz CT molecular complexity index is 3670. The van der Waals surface area contributed by atoms with E-state index in [1.165, 1.54) is 0 Å². The van der Waals surface area contributed by atoms with E-state index in [0.29, 0.717) is 55.9 Å². The van der Waals surface area contributed by atoms with Gasteiger partial charge in [0.25, 0.3) is 0 Å². The normalized spacial score (nSPS) is 14.3. The Morgan fingerprint density at radius 1 is 0.672 bits per heavy atom. The zero-order chi connectivity index (χ0) is 53.5. The molecule has 0 unspecified atom stereocenters. The fraction of sp³-hybridized carbons (Fsp3) is 0.186. The minimum Gasteiger partial charge on any atom is -0.507 e. The van der Waals surface area contributed by atoms with Crippen LogP contribution >= 0.6 is 0 Å². The molecule has 9 rings (SSSR count). The van der Waals surface area contributed by atoms with Crippen LogP contribution in [0, 0.1) is 12.9 Å². The Kier molecular flexibility index (Phi) is 9.11. The minimum absolute atomic E-state index is 0. The Labute approximate surface area is 408 Å². The maximum atomic E-state index is 12.5. The van der Waals surface area contributed by atoms with E-state index >= 15 is 0 Å². The van der Waals surface area contributed by atoms with Crippen molar-refractivity contribution in [2.45, 2.75) is 72.6 Å². The molecule has 0 bridgehead atoms. The number of phenolic OH excluding ortho intramolecular Hbond substituents is 1. The predicted octanol–water partition coefficient (Wildman–Crippen LogP) is 15.8. The number of hydrogen-bond acceptors (Lipinski definition) is 3. The quantitative estimate of drug-likeness (QED) is 0.147. The number of para-hydroxylation sites is 1. The summed E-state index contributed by atoms with van der Waals surface area (Å²) in [5.41, 5.74) is 7.51.